The summed E-state index contributed by atoms with van der Waals surface area (Å²) in [7, 11) is 0. The van der Waals surface area contributed by atoms with Crippen LogP contribution < -0.4 is 5.32 Å². The van der Waals surface area contributed by atoms with E-state index in [0.29, 0.717) is 24.1 Å². The molecule has 24 heavy (non-hydrogen) atoms. The minimum atomic E-state index is -0.297. The van der Waals surface area contributed by atoms with Crippen molar-refractivity contribution in [2.45, 2.75) is 45.6 Å². The van der Waals surface area contributed by atoms with Crippen LogP contribution in [0.5, 0.6) is 0 Å². The van der Waals surface area contributed by atoms with Gasteiger partial charge < -0.3 is 10.1 Å². The van der Waals surface area contributed by atoms with E-state index in [1.807, 2.05) is 12.3 Å². The molecule has 2 aliphatic carbocycles. The second-order valence-corrected chi connectivity index (χ2v) is 7.90. The molecule has 128 valence electrons. The van der Waals surface area contributed by atoms with Gasteiger partial charge >= 0.3 is 5.97 Å². The van der Waals surface area contributed by atoms with E-state index >= 15 is 0 Å². The smallest absolute Gasteiger partial charge is 0.339 e. The molecule has 0 radical (unpaired) electrons. The van der Waals surface area contributed by atoms with Crippen LogP contribution in [0.15, 0.2) is 11.7 Å². The van der Waals surface area contributed by atoms with Gasteiger partial charge in [-0.2, -0.15) is 0 Å². The van der Waals surface area contributed by atoms with Gasteiger partial charge in [-0.1, -0.05) is 6.42 Å². The number of carbonyl (C=O) groups excluding carboxylic acids is 1. The highest BCUT2D eigenvalue weighted by Crippen LogP contribution is 2.50. The van der Waals surface area contributed by atoms with Crippen molar-refractivity contribution in [2.24, 2.45) is 17.8 Å². The molecule has 4 rings (SSSR count). The normalized spacial score (nSPS) is 26.7. The fourth-order valence-electron chi connectivity index (χ4n) is 4.57. The molecular formula is C18H23N3O2S. The number of hydrogen-bond acceptors (Lipinski definition) is 6. The highest BCUT2D eigenvalue weighted by Gasteiger charge is 2.42. The molecule has 6 heteroatoms. The Balaban J connectivity index is 1.61. The molecule has 2 fully saturated rings. The van der Waals surface area contributed by atoms with Gasteiger partial charge in [-0.15, -0.1) is 11.3 Å². The van der Waals surface area contributed by atoms with E-state index in [4.69, 9.17) is 4.74 Å². The Morgan fingerprint density at radius 1 is 1.42 bits per heavy atom. The van der Waals surface area contributed by atoms with Crippen LogP contribution in [-0.2, 0) is 4.74 Å². The van der Waals surface area contributed by atoms with Gasteiger partial charge in [0, 0.05) is 11.4 Å². The topological polar surface area (TPSA) is 64.1 Å². The van der Waals surface area contributed by atoms with Gasteiger partial charge in [0.25, 0.3) is 0 Å². The molecule has 2 aromatic rings. The van der Waals surface area contributed by atoms with Crippen LogP contribution in [-0.4, -0.2) is 28.6 Å². The summed E-state index contributed by atoms with van der Waals surface area (Å²) in [5.74, 6) is 2.94. The van der Waals surface area contributed by atoms with Gasteiger partial charge in [0.05, 0.1) is 17.6 Å². The minimum absolute atomic E-state index is 0.297. The van der Waals surface area contributed by atoms with E-state index in [0.717, 1.165) is 27.9 Å². The molecule has 2 heterocycles. The molecule has 4 atom stereocenters. The molecule has 4 unspecified atom stereocenters. The number of ether oxygens (including phenoxy) is 1. The lowest BCUT2D eigenvalue weighted by Gasteiger charge is -2.29. The summed E-state index contributed by atoms with van der Waals surface area (Å²) in [4.78, 5) is 21.8. The number of esters is 1. The predicted molar refractivity (Wildman–Crippen MR) is 95.4 cm³/mol. The zero-order valence-corrected chi connectivity index (χ0v) is 14.9. The summed E-state index contributed by atoms with van der Waals surface area (Å²) in [5.41, 5.74) is 0.570. The lowest BCUT2D eigenvalue weighted by molar-refractivity contribution is 0.0529. The molecule has 5 nitrogen and oxygen atoms in total. The van der Waals surface area contributed by atoms with E-state index in [9.17, 15) is 4.79 Å². The summed E-state index contributed by atoms with van der Waals surface area (Å²) in [6.45, 7) is 4.43. The summed E-state index contributed by atoms with van der Waals surface area (Å²) in [6.07, 6.45) is 7.06. The van der Waals surface area contributed by atoms with Gasteiger partial charge in [-0.25, -0.2) is 14.8 Å². The second kappa shape index (κ2) is 6.31. The molecule has 2 aliphatic rings. The fourth-order valence-corrected chi connectivity index (χ4v) is 5.45. The van der Waals surface area contributed by atoms with Crippen LogP contribution in [0.1, 0.15) is 49.9 Å². The molecule has 2 saturated carbocycles. The zero-order chi connectivity index (χ0) is 16.7. The number of thiophene rings is 1. The van der Waals surface area contributed by atoms with Crippen LogP contribution in [0, 0.1) is 17.8 Å². The molecule has 2 aromatic heterocycles. The first kappa shape index (κ1) is 15.8. The number of aromatic nitrogens is 2. The van der Waals surface area contributed by atoms with Crippen LogP contribution in [0.3, 0.4) is 0 Å². The monoisotopic (exact) mass is 345 g/mol. The van der Waals surface area contributed by atoms with Crippen molar-refractivity contribution in [1.82, 2.24) is 9.97 Å². The number of nitrogens with one attached hydrogen (secondary N) is 1. The summed E-state index contributed by atoms with van der Waals surface area (Å²) < 4.78 is 5.18. The summed E-state index contributed by atoms with van der Waals surface area (Å²) in [5, 5.41) is 6.21. The fraction of sp³-hybridized carbons (Fsp3) is 0.611. The zero-order valence-electron chi connectivity index (χ0n) is 14.1. The SMILES string of the molecule is CCOC(=O)c1csc2ncnc(NC(C)C3CC4CCC3C4)c12. The van der Waals surface area contributed by atoms with E-state index in [1.54, 1.807) is 6.33 Å². The maximum atomic E-state index is 12.2. The number of rotatable bonds is 5. The third-order valence-corrected chi connectivity index (χ3v) is 6.55. The van der Waals surface area contributed by atoms with Gasteiger partial charge in [0.2, 0.25) is 0 Å². The van der Waals surface area contributed by atoms with Crippen LogP contribution in [0.2, 0.25) is 0 Å². The Bertz CT molecular complexity index is 760. The number of nitrogens with zero attached hydrogens (tertiary/aromatic N) is 2. The standard InChI is InChI=1S/C18H23N3O2S/c1-3-23-18(22)14-8-24-17-15(14)16(19-9-20-17)21-10(2)13-7-11-4-5-12(13)6-11/h8-13H,3-7H2,1-2H3,(H,19,20,21). The molecular weight excluding hydrogens is 322 g/mol. The molecule has 0 saturated heterocycles. The largest absolute Gasteiger partial charge is 0.462 e. The molecule has 1 N–H and O–H groups in total. The number of fused-ring (bicyclic) bond motifs is 3. The third kappa shape index (κ3) is 2.66. The molecule has 0 spiro atoms. The van der Waals surface area contributed by atoms with Crippen molar-refractivity contribution in [3.63, 3.8) is 0 Å². The average molecular weight is 345 g/mol. The molecule has 2 bridgehead atoms. The Labute approximate surface area is 145 Å². The van der Waals surface area contributed by atoms with Gasteiger partial charge in [-0.05, 0) is 50.9 Å². The van der Waals surface area contributed by atoms with E-state index in [1.165, 1.54) is 37.0 Å². The van der Waals surface area contributed by atoms with E-state index in [2.05, 4.69) is 22.2 Å². The van der Waals surface area contributed by atoms with E-state index in [-0.39, 0.29) is 5.97 Å². The van der Waals surface area contributed by atoms with Crippen LogP contribution in [0.4, 0.5) is 5.82 Å². The van der Waals surface area contributed by atoms with Crippen molar-refractivity contribution >= 4 is 33.3 Å². The Kier molecular flexibility index (Phi) is 4.16. The summed E-state index contributed by atoms with van der Waals surface area (Å²) in [6, 6.07) is 0.355. The van der Waals surface area contributed by atoms with Crippen molar-refractivity contribution < 1.29 is 9.53 Å². The van der Waals surface area contributed by atoms with Crippen LogP contribution in [0.25, 0.3) is 10.2 Å². The lowest BCUT2D eigenvalue weighted by Crippen LogP contribution is -2.30. The van der Waals surface area contributed by atoms with Crippen molar-refractivity contribution in [3.8, 4) is 0 Å². The lowest BCUT2D eigenvalue weighted by atomic mass is 9.84. The van der Waals surface area contributed by atoms with E-state index < -0.39 is 0 Å². The predicted octanol–water partition coefficient (Wildman–Crippen LogP) is 4.10. The molecule has 0 aliphatic heterocycles. The average Bonchev–Trinajstić information content (AvgIpc) is 3.30. The molecule has 0 amide bonds. The van der Waals surface area contributed by atoms with Gasteiger partial charge in [-0.3, -0.25) is 0 Å². The first-order chi connectivity index (χ1) is 11.7. The third-order valence-electron chi connectivity index (χ3n) is 5.66. The highest BCUT2D eigenvalue weighted by atomic mass is 32.1. The Hall–Kier alpha value is -1.69. The maximum absolute atomic E-state index is 12.2. The quantitative estimate of drug-likeness (QED) is 0.826. The van der Waals surface area contributed by atoms with Crippen molar-refractivity contribution in [1.29, 1.82) is 0 Å². The number of hydrogen-bond donors (Lipinski definition) is 1. The first-order valence-corrected chi connectivity index (χ1v) is 9.71. The Morgan fingerprint density at radius 3 is 3.00 bits per heavy atom. The minimum Gasteiger partial charge on any atom is -0.462 e. The number of carbonyl (C=O) groups is 1. The maximum Gasteiger partial charge on any atom is 0.339 e. The van der Waals surface area contributed by atoms with Crippen molar-refractivity contribution in [2.75, 3.05) is 11.9 Å². The first-order valence-electron chi connectivity index (χ1n) is 8.83. The van der Waals surface area contributed by atoms with Gasteiger partial charge in [0.1, 0.15) is 17.0 Å². The molecule has 0 aromatic carbocycles. The second-order valence-electron chi connectivity index (χ2n) is 7.04. The van der Waals surface area contributed by atoms with Gasteiger partial charge in [0.15, 0.2) is 0 Å². The van der Waals surface area contributed by atoms with Crippen molar-refractivity contribution in [3.05, 3.63) is 17.3 Å². The summed E-state index contributed by atoms with van der Waals surface area (Å²) >= 11 is 1.46. The number of anilines is 1. The Morgan fingerprint density at radius 2 is 2.29 bits per heavy atom. The van der Waals surface area contributed by atoms with Crippen LogP contribution >= 0.6 is 11.3 Å². The highest BCUT2D eigenvalue weighted by molar-refractivity contribution is 7.17.